The number of nitrogens with two attached hydrogens (primary N) is 1. The maximum absolute atomic E-state index is 11.7. The molecule has 102 valence electrons. The van der Waals surface area contributed by atoms with E-state index in [-0.39, 0.29) is 11.3 Å². The quantitative estimate of drug-likeness (QED) is 0.771. The Morgan fingerprint density at radius 2 is 2.06 bits per heavy atom. The Balaban J connectivity index is 2.84. The van der Waals surface area contributed by atoms with Crippen LogP contribution >= 0.6 is 0 Å². The smallest absolute Gasteiger partial charge is 0.152 e. The van der Waals surface area contributed by atoms with Gasteiger partial charge >= 0.3 is 0 Å². The average molecular weight is 262 g/mol. The van der Waals surface area contributed by atoms with Crippen molar-refractivity contribution >= 4 is 9.84 Å². The molecule has 0 radical (unpaired) electrons. The zero-order chi connectivity index (χ0) is 13.1. The van der Waals surface area contributed by atoms with E-state index in [1.54, 1.807) is 0 Å². The summed E-state index contributed by atoms with van der Waals surface area (Å²) in [5.74, 6) is 1.11. The van der Waals surface area contributed by atoms with E-state index in [1.807, 2.05) is 0 Å². The third-order valence-corrected chi connectivity index (χ3v) is 5.83. The summed E-state index contributed by atoms with van der Waals surface area (Å²) in [6, 6.07) is 0. The van der Waals surface area contributed by atoms with Gasteiger partial charge in [0.25, 0.3) is 0 Å². The van der Waals surface area contributed by atoms with Gasteiger partial charge in [0, 0.05) is 18.6 Å². The molecule has 0 saturated carbocycles. The van der Waals surface area contributed by atoms with Gasteiger partial charge in [0.15, 0.2) is 9.84 Å². The Bertz CT molecular complexity index is 342. The van der Waals surface area contributed by atoms with Crippen LogP contribution < -0.4 is 5.73 Å². The molecule has 0 amide bonds. The van der Waals surface area contributed by atoms with Gasteiger partial charge in [-0.1, -0.05) is 27.2 Å². The van der Waals surface area contributed by atoms with Crippen LogP contribution in [0.15, 0.2) is 0 Å². The lowest BCUT2D eigenvalue weighted by Crippen LogP contribution is -2.56. The second-order valence-electron chi connectivity index (χ2n) is 5.32. The molecule has 0 aromatic heterocycles. The van der Waals surface area contributed by atoms with Gasteiger partial charge < -0.3 is 5.73 Å². The molecule has 0 aromatic rings. The number of likely N-dealkylation sites (N-methyl/N-ethyl adjacent to an activating group) is 1. The molecule has 2 unspecified atom stereocenters. The van der Waals surface area contributed by atoms with Gasteiger partial charge in [-0.25, -0.2) is 8.42 Å². The fourth-order valence-corrected chi connectivity index (χ4v) is 4.70. The Kier molecular flexibility index (Phi) is 4.98. The highest BCUT2D eigenvalue weighted by Gasteiger charge is 2.45. The zero-order valence-corrected chi connectivity index (χ0v) is 12.1. The van der Waals surface area contributed by atoms with Crippen molar-refractivity contribution in [3.63, 3.8) is 0 Å². The predicted octanol–water partition coefficient (Wildman–Crippen LogP) is 0.870. The molecule has 1 fully saturated rings. The van der Waals surface area contributed by atoms with E-state index in [9.17, 15) is 8.42 Å². The monoisotopic (exact) mass is 262 g/mol. The first-order chi connectivity index (χ1) is 7.89. The van der Waals surface area contributed by atoms with Crippen molar-refractivity contribution < 1.29 is 8.42 Å². The lowest BCUT2D eigenvalue weighted by atomic mass is 9.94. The maximum Gasteiger partial charge on any atom is 0.152 e. The van der Waals surface area contributed by atoms with E-state index in [4.69, 9.17) is 5.73 Å². The van der Waals surface area contributed by atoms with Crippen molar-refractivity contribution in [2.45, 2.75) is 39.2 Å². The first-order valence-corrected chi connectivity index (χ1v) is 8.37. The van der Waals surface area contributed by atoms with Crippen molar-refractivity contribution in [1.29, 1.82) is 0 Å². The van der Waals surface area contributed by atoms with Gasteiger partial charge in [-0.3, -0.25) is 4.90 Å². The van der Waals surface area contributed by atoms with Crippen LogP contribution in [0.2, 0.25) is 0 Å². The number of hydrogen-bond acceptors (Lipinski definition) is 4. The zero-order valence-electron chi connectivity index (χ0n) is 11.3. The summed E-state index contributed by atoms with van der Waals surface area (Å²) < 4.78 is 23.4. The molecular weight excluding hydrogens is 236 g/mol. The molecule has 2 N–H and O–H groups in total. The number of rotatable bonds is 6. The summed E-state index contributed by atoms with van der Waals surface area (Å²) in [4.78, 5) is 2.28. The molecule has 1 aliphatic heterocycles. The molecule has 2 atom stereocenters. The van der Waals surface area contributed by atoms with E-state index >= 15 is 0 Å². The van der Waals surface area contributed by atoms with Crippen LogP contribution in [-0.4, -0.2) is 50.0 Å². The van der Waals surface area contributed by atoms with Gasteiger partial charge in [0.1, 0.15) is 0 Å². The van der Waals surface area contributed by atoms with Crippen LogP contribution in [0.4, 0.5) is 0 Å². The summed E-state index contributed by atoms with van der Waals surface area (Å²) in [5, 5.41) is 0. The van der Waals surface area contributed by atoms with E-state index in [0.717, 1.165) is 19.5 Å². The Hall–Kier alpha value is -0.130. The molecule has 17 heavy (non-hydrogen) atoms. The Morgan fingerprint density at radius 1 is 1.41 bits per heavy atom. The SMILES string of the molecule is CCC(C)CN(CC)C1(CN)CCS(=O)(=O)C1. The standard InChI is InChI=1S/C12H26N2O2S/c1-4-11(3)8-14(5-2)12(9-13)6-7-17(15,16)10-12/h11H,4-10,13H2,1-3H3. The highest BCUT2D eigenvalue weighted by Crippen LogP contribution is 2.29. The molecule has 0 aliphatic carbocycles. The minimum atomic E-state index is -2.89. The minimum Gasteiger partial charge on any atom is -0.329 e. The number of nitrogens with zero attached hydrogens (tertiary/aromatic N) is 1. The lowest BCUT2D eigenvalue weighted by molar-refractivity contribution is 0.104. The third kappa shape index (κ3) is 3.42. The van der Waals surface area contributed by atoms with Gasteiger partial charge in [-0.15, -0.1) is 0 Å². The fourth-order valence-electron chi connectivity index (χ4n) is 2.60. The first kappa shape index (κ1) is 14.9. The van der Waals surface area contributed by atoms with Crippen LogP contribution in [0.1, 0.15) is 33.6 Å². The van der Waals surface area contributed by atoms with Crippen LogP contribution in [0.5, 0.6) is 0 Å². The maximum atomic E-state index is 11.7. The van der Waals surface area contributed by atoms with Crippen LogP contribution in [0.25, 0.3) is 0 Å². The van der Waals surface area contributed by atoms with Gasteiger partial charge in [-0.2, -0.15) is 0 Å². The molecule has 1 saturated heterocycles. The van der Waals surface area contributed by atoms with Gasteiger partial charge in [0.05, 0.1) is 11.5 Å². The Morgan fingerprint density at radius 3 is 2.41 bits per heavy atom. The fraction of sp³-hybridized carbons (Fsp3) is 1.00. The highest BCUT2D eigenvalue weighted by molar-refractivity contribution is 7.91. The molecule has 1 rings (SSSR count). The molecule has 1 heterocycles. The van der Waals surface area contributed by atoms with Crippen LogP contribution in [0.3, 0.4) is 0 Å². The molecule has 4 nitrogen and oxygen atoms in total. The normalized spacial score (nSPS) is 29.7. The molecule has 0 spiro atoms. The van der Waals surface area contributed by atoms with Crippen molar-refractivity contribution in [1.82, 2.24) is 4.90 Å². The number of sulfone groups is 1. The molecule has 0 bridgehead atoms. The second kappa shape index (κ2) is 5.67. The molecule has 5 heteroatoms. The summed E-state index contributed by atoms with van der Waals surface area (Å²) >= 11 is 0. The van der Waals surface area contributed by atoms with E-state index < -0.39 is 9.84 Å². The van der Waals surface area contributed by atoms with E-state index in [2.05, 4.69) is 25.7 Å². The lowest BCUT2D eigenvalue weighted by Gasteiger charge is -2.40. The molecular formula is C12H26N2O2S. The van der Waals surface area contributed by atoms with E-state index in [1.165, 1.54) is 0 Å². The van der Waals surface area contributed by atoms with Crippen molar-refractivity contribution in [3.8, 4) is 0 Å². The van der Waals surface area contributed by atoms with Gasteiger partial charge in [-0.05, 0) is 18.9 Å². The summed E-state index contributed by atoms with van der Waals surface area (Å²) in [6.07, 6.45) is 1.81. The summed E-state index contributed by atoms with van der Waals surface area (Å²) in [6.45, 7) is 8.72. The van der Waals surface area contributed by atoms with E-state index in [0.29, 0.717) is 24.6 Å². The topological polar surface area (TPSA) is 63.4 Å². The average Bonchev–Trinajstić information content (AvgIpc) is 2.62. The first-order valence-electron chi connectivity index (χ1n) is 6.54. The second-order valence-corrected chi connectivity index (χ2v) is 7.51. The van der Waals surface area contributed by atoms with Gasteiger partial charge in [0.2, 0.25) is 0 Å². The minimum absolute atomic E-state index is 0.237. The molecule has 1 aliphatic rings. The summed E-state index contributed by atoms with van der Waals surface area (Å²) in [7, 11) is -2.89. The number of hydrogen-bond donors (Lipinski definition) is 1. The van der Waals surface area contributed by atoms with Crippen molar-refractivity contribution in [3.05, 3.63) is 0 Å². The largest absolute Gasteiger partial charge is 0.329 e. The van der Waals surface area contributed by atoms with Crippen molar-refractivity contribution in [2.24, 2.45) is 11.7 Å². The molecule has 0 aromatic carbocycles. The van der Waals surface area contributed by atoms with Crippen LogP contribution in [-0.2, 0) is 9.84 Å². The predicted molar refractivity (Wildman–Crippen MR) is 71.8 cm³/mol. The Labute approximate surface area is 105 Å². The van der Waals surface area contributed by atoms with Crippen LogP contribution in [0, 0.1) is 5.92 Å². The summed E-state index contributed by atoms with van der Waals surface area (Å²) in [5.41, 5.74) is 5.57. The highest BCUT2D eigenvalue weighted by atomic mass is 32.2. The van der Waals surface area contributed by atoms with Crippen molar-refractivity contribution in [2.75, 3.05) is 31.1 Å². The third-order valence-electron chi connectivity index (χ3n) is 4.03.